The Kier molecular flexibility index (Phi) is 4.45. The van der Waals surface area contributed by atoms with Crippen LogP contribution in [0.4, 0.5) is 0 Å². The van der Waals surface area contributed by atoms with Crippen LogP contribution in [0.5, 0.6) is 0 Å². The Hall–Kier alpha value is -1.10. The van der Waals surface area contributed by atoms with Crippen LogP contribution in [0.25, 0.3) is 0 Å². The summed E-state index contributed by atoms with van der Waals surface area (Å²) in [5.74, 6) is 0.287. The lowest BCUT2D eigenvalue weighted by Gasteiger charge is -2.44. The Morgan fingerprint density at radius 2 is 2.21 bits per heavy atom. The molecule has 1 spiro atoms. The van der Waals surface area contributed by atoms with Crippen LogP contribution >= 0.6 is 0 Å². The summed E-state index contributed by atoms with van der Waals surface area (Å²) in [4.78, 5) is 27.8. The first-order chi connectivity index (χ1) is 9.09. The van der Waals surface area contributed by atoms with Gasteiger partial charge in [0.15, 0.2) is 0 Å². The van der Waals surface area contributed by atoms with Crippen molar-refractivity contribution in [2.24, 2.45) is 0 Å². The topological polar surface area (TPSA) is 49.9 Å². The fourth-order valence-electron chi connectivity index (χ4n) is 3.43. The number of carbonyl (C=O) groups is 2. The summed E-state index contributed by atoms with van der Waals surface area (Å²) >= 11 is 0. The van der Waals surface area contributed by atoms with E-state index in [0.717, 1.165) is 38.8 Å². The molecule has 108 valence electrons. The Morgan fingerprint density at radius 3 is 2.89 bits per heavy atom. The summed E-state index contributed by atoms with van der Waals surface area (Å²) < 4.78 is 5.03. The minimum Gasteiger partial charge on any atom is -0.385 e. The average molecular weight is 268 g/mol. The van der Waals surface area contributed by atoms with E-state index in [1.54, 1.807) is 14.0 Å². The molecule has 0 radical (unpaired) electrons. The third-order valence-electron chi connectivity index (χ3n) is 4.32. The average Bonchev–Trinajstić information content (AvgIpc) is 2.67. The van der Waals surface area contributed by atoms with Gasteiger partial charge in [-0.3, -0.25) is 9.59 Å². The van der Waals surface area contributed by atoms with Gasteiger partial charge < -0.3 is 14.5 Å². The van der Waals surface area contributed by atoms with Gasteiger partial charge in [-0.2, -0.15) is 0 Å². The molecule has 2 rings (SSSR count). The maximum atomic E-state index is 12.2. The molecule has 2 saturated heterocycles. The molecule has 2 amide bonds. The quantitative estimate of drug-likeness (QED) is 0.715. The number of nitrogens with zero attached hydrogens (tertiary/aromatic N) is 2. The van der Waals surface area contributed by atoms with E-state index in [0.29, 0.717) is 19.6 Å². The van der Waals surface area contributed by atoms with Crippen LogP contribution in [0.15, 0.2) is 0 Å². The summed E-state index contributed by atoms with van der Waals surface area (Å²) in [5.41, 5.74) is -0.228. The molecule has 19 heavy (non-hydrogen) atoms. The van der Waals surface area contributed by atoms with Gasteiger partial charge in [-0.15, -0.1) is 0 Å². The smallest absolute Gasteiger partial charge is 0.225 e. The van der Waals surface area contributed by atoms with Crippen molar-refractivity contribution >= 4 is 11.8 Å². The minimum atomic E-state index is -0.228. The maximum Gasteiger partial charge on any atom is 0.225 e. The molecule has 5 heteroatoms. The van der Waals surface area contributed by atoms with Gasteiger partial charge >= 0.3 is 0 Å². The maximum absolute atomic E-state index is 12.2. The summed E-state index contributed by atoms with van der Waals surface area (Å²) in [6.07, 6.45) is 4.49. The Morgan fingerprint density at radius 1 is 1.42 bits per heavy atom. The van der Waals surface area contributed by atoms with Crippen molar-refractivity contribution in [3.05, 3.63) is 0 Å². The molecule has 5 nitrogen and oxygen atoms in total. The molecule has 2 fully saturated rings. The van der Waals surface area contributed by atoms with E-state index in [-0.39, 0.29) is 17.4 Å². The number of amides is 2. The standard InChI is InChI=1S/C14H24N2O3/c1-12(17)16-8-4-3-6-14(16)10-13(18)15(11-14)7-5-9-19-2/h3-11H2,1-2H3/t14-/m1/s1. The second-order valence-electron chi connectivity index (χ2n) is 5.69. The molecule has 0 aromatic heterocycles. The second-order valence-corrected chi connectivity index (χ2v) is 5.69. The van der Waals surface area contributed by atoms with Gasteiger partial charge in [-0.05, 0) is 25.7 Å². The van der Waals surface area contributed by atoms with E-state index >= 15 is 0 Å². The van der Waals surface area contributed by atoms with Crippen LogP contribution in [-0.2, 0) is 14.3 Å². The molecule has 2 heterocycles. The van der Waals surface area contributed by atoms with E-state index in [2.05, 4.69) is 0 Å². The molecule has 0 aromatic rings. The van der Waals surface area contributed by atoms with Crippen molar-refractivity contribution in [3.63, 3.8) is 0 Å². The molecule has 0 unspecified atom stereocenters. The predicted molar refractivity (Wildman–Crippen MR) is 71.7 cm³/mol. The van der Waals surface area contributed by atoms with Gasteiger partial charge in [0, 0.05) is 40.3 Å². The van der Waals surface area contributed by atoms with Crippen molar-refractivity contribution < 1.29 is 14.3 Å². The molecule has 0 bridgehead atoms. The third-order valence-corrected chi connectivity index (χ3v) is 4.32. The van der Waals surface area contributed by atoms with E-state index < -0.39 is 0 Å². The zero-order valence-corrected chi connectivity index (χ0v) is 12.0. The monoisotopic (exact) mass is 268 g/mol. The first kappa shape index (κ1) is 14.3. The van der Waals surface area contributed by atoms with Gasteiger partial charge in [0.05, 0.1) is 12.0 Å². The zero-order chi connectivity index (χ0) is 13.9. The molecular weight excluding hydrogens is 244 g/mol. The van der Waals surface area contributed by atoms with E-state index in [1.807, 2.05) is 9.80 Å². The van der Waals surface area contributed by atoms with Crippen LogP contribution in [0.3, 0.4) is 0 Å². The van der Waals surface area contributed by atoms with Crippen molar-refractivity contribution in [1.82, 2.24) is 9.80 Å². The van der Waals surface area contributed by atoms with Gasteiger partial charge in [-0.1, -0.05) is 0 Å². The van der Waals surface area contributed by atoms with Crippen LogP contribution < -0.4 is 0 Å². The van der Waals surface area contributed by atoms with Gasteiger partial charge in [0.25, 0.3) is 0 Å². The largest absolute Gasteiger partial charge is 0.385 e. The summed E-state index contributed by atoms with van der Waals surface area (Å²) in [5, 5.41) is 0. The second kappa shape index (κ2) is 5.90. The number of hydrogen-bond donors (Lipinski definition) is 0. The molecular formula is C14H24N2O3. The first-order valence-electron chi connectivity index (χ1n) is 7.14. The van der Waals surface area contributed by atoms with Crippen LogP contribution in [0, 0.1) is 0 Å². The van der Waals surface area contributed by atoms with E-state index in [9.17, 15) is 9.59 Å². The highest BCUT2D eigenvalue weighted by Crippen LogP contribution is 2.37. The predicted octanol–water partition coefficient (Wildman–Crippen LogP) is 1.03. The normalized spacial score (nSPS) is 27.4. The lowest BCUT2D eigenvalue weighted by Crippen LogP contribution is -2.55. The SMILES string of the molecule is COCCCN1C[C@@]2(CCCCN2C(C)=O)CC1=O. The number of rotatable bonds is 4. The van der Waals surface area contributed by atoms with Crippen molar-refractivity contribution in [1.29, 1.82) is 0 Å². The van der Waals surface area contributed by atoms with Crippen molar-refractivity contribution in [2.75, 3.05) is 33.4 Å². The Labute approximate surface area is 114 Å². The molecule has 0 aromatic carbocycles. The summed E-state index contributed by atoms with van der Waals surface area (Å²) in [7, 11) is 1.67. The molecule has 1 atom stereocenters. The van der Waals surface area contributed by atoms with Gasteiger partial charge in [0.1, 0.15) is 0 Å². The van der Waals surface area contributed by atoms with Gasteiger partial charge in [0.2, 0.25) is 11.8 Å². The van der Waals surface area contributed by atoms with Crippen LogP contribution in [-0.4, -0.2) is 60.5 Å². The molecule has 0 N–H and O–H groups in total. The summed E-state index contributed by atoms with van der Waals surface area (Å²) in [6, 6.07) is 0. The lowest BCUT2D eigenvalue weighted by atomic mass is 9.85. The van der Waals surface area contributed by atoms with Gasteiger partial charge in [-0.25, -0.2) is 0 Å². The van der Waals surface area contributed by atoms with E-state index in [4.69, 9.17) is 4.74 Å². The third kappa shape index (κ3) is 2.91. The molecule has 2 aliphatic heterocycles. The Bertz CT molecular complexity index is 359. The fraction of sp³-hybridized carbons (Fsp3) is 0.857. The fourth-order valence-corrected chi connectivity index (χ4v) is 3.43. The summed E-state index contributed by atoms with van der Waals surface area (Å²) in [6.45, 7) is 4.53. The lowest BCUT2D eigenvalue weighted by molar-refractivity contribution is -0.137. The highest BCUT2D eigenvalue weighted by molar-refractivity contribution is 5.83. The van der Waals surface area contributed by atoms with Crippen molar-refractivity contribution in [3.8, 4) is 0 Å². The first-order valence-corrected chi connectivity index (χ1v) is 7.14. The number of hydrogen-bond acceptors (Lipinski definition) is 3. The van der Waals surface area contributed by atoms with Crippen LogP contribution in [0.2, 0.25) is 0 Å². The number of carbonyl (C=O) groups excluding carboxylic acids is 2. The number of likely N-dealkylation sites (tertiary alicyclic amines) is 2. The molecule has 2 aliphatic rings. The number of methoxy groups -OCH3 is 1. The zero-order valence-electron chi connectivity index (χ0n) is 12.0. The molecule has 0 saturated carbocycles. The Balaban J connectivity index is 2.03. The number of ether oxygens (including phenoxy) is 1. The highest BCUT2D eigenvalue weighted by atomic mass is 16.5. The highest BCUT2D eigenvalue weighted by Gasteiger charge is 2.48. The van der Waals surface area contributed by atoms with E-state index in [1.165, 1.54) is 0 Å². The molecule has 0 aliphatic carbocycles. The number of piperidine rings is 1. The minimum absolute atomic E-state index is 0.103. The van der Waals surface area contributed by atoms with Crippen molar-refractivity contribution in [2.45, 2.75) is 44.6 Å². The van der Waals surface area contributed by atoms with Crippen LogP contribution in [0.1, 0.15) is 39.0 Å².